The number of halogens is 1. The molecule has 5 nitrogen and oxygen atoms in total. The molecule has 1 aromatic carbocycles. The number of hydrogen-bond donors (Lipinski definition) is 2. The highest BCUT2D eigenvalue weighted by molar-refractivity contribution is 6.34. The van der Waals surface area contributed by atoms with E-state index < -0.39 is 0 Å². The third-order valence-electron chi connectivity index (χ3n) is 4.48. The minimum atomic E-state index is -0.0454. The maximum Gasteiger partial charge on any atom is 0.217 e. The van der Waals surface area contributed by atoms with E-state index in [2.05, 4.69) is 21.1 Å². The van der Waals surface area contributed by atoms with Gasteiger partial charge in [0.25, 0.3) is 0 Å². The van der Waals surface area contributed by atoms with E-state index in [1.54, 1.807) is 0 Å². The zero-order valence-electron chi connectivity index (χ0n) is 13.5. The monoisotopic (exact) mass is 342 g/mol. The summed E-state index contributed by atoms with van der Waals surface area (Å²) in [5.74, 6) is 1.10. The molecule has 2 aromatic heterocycles. The molecule has 0 saturated heterocycles. The van der Waals surface area contributed by atoms with Crippen LogP contribution in [-0.2, 0) is 24.3 Å². The molecule has 1 amide bonds. The van der Waals surface area contributed by atoms with Crippen LogP contribution in [0.3, 0.4) is 0 Å². The second-order valence-electron chi connectivity index (χ2n) is 6.32. The third-order valence-corrected chi connectivity index (χ3v) is 4.79. The standard InChI is InChI=1S/C18H19ClN4O/c1-11(24)20-9-13-6-12-7-15(19)14(8-16(12)21-13)17-10-23-5-3-2-4-18(23)22-17/h6-8,10,21H,2-5,9H2,1H3,(H,20,24). The summed E-state index contributed by atoms with van der Waals surface area (Å²) < 4.78 is 2.23. The lowest BCUT2D eigenvalue weighted by Gasteiger charge is -2.11. The van der Waals surface area contributed by atoms with E-state index >= 15 is 0 Å². The SMILES string of the molecule is CC(=O)NCc1cc2cc(Cl)c(-c3cn4c(n3)CCCC4)cc2[nH]1. The molecule has 3 aromatic rings. The number of benzene rings is 1. The Morgan fingerprint density at radius 2 is 2.25 bits per heavy atom. The zero-order valence-corrected chi connectivity index (χ0v) is 14.3. The number of rotatable bonds is 3. The number of H-pyrrole nitrogens is 1. The Morgan fingerprint density at radius 1 is 1.38 bits per heavy atom. The maximum absolute atomic E-state index is 11.1. The van der Waals surface area contributed by atoms with Crippen LogP contribution in [0.2, 0.25) is 5.02 Å². The van der Waals surface area contributed by atoms with Gasteiger partial charge in [0.1, 0.15) is 5.82 Å². The molecule has 2 N–H and O–H groups in total. The molecule has 124 valence electrons. The Bertz CT molecular complexity index is 901. The minimum absolute atomic E-state index is 0.0454. The van der Waals surface area contributed by atoms with Crippen molar-refractivity contribution in [2.45, 2.75) is 39.3 Å². The van der Waals surface area contributed by atoms with Crippen LogP contribution in [0.25, 0.3) is 22.2 Å². The van der Waals surface area contributed by atoms with Gasteiger partial charge in [-0.15, -0.1) is 0 Å². The van der Waals surface area contributed by atoms with Gasteiger partial charge >= 0.3 is 0 Å². The van der Waals surface area contributed by atoms with E-state index in [0.717, 1.165) is 46.6 Å². The Balaban J connectivity index is 1.71. The first-order chi connectivity index (χ1) is 11.6. The topological polar surface area (TPSA) is 62.7 Å². The van der Waals surface area contributed by atoms with Gasteiger partial charge in [0.15, 0.2) is 0 Å². The van der Waals surface area contributed by atoms with Gasteiger partial charge in [0, 0.05) is 48.2 Å². The van der Waals surface area contributed by atoms with E-state index in [-0.39, 0.29) is 5.91 Å². The highest BCUT2D eigenvalue weighted by atomic mass is 35.5. The molecule has 0 saturated carbocycles. The first kappa shape index (κ1) is 15.3. The number of aryl methyl sites for hydroxylation is 2. The highest BCUT2D eigenvalue weighted by Gasteiger charge is 2.16. The van der Waals surface area contributed by atoms with Crippen LogP contribution in [0, 0.1) is 0 Å². The molecule has 0 fully saturated rings. The lowest BCUT2D eigenvalue weighted by atomic mass is 10.1. The van der Waals surface area contributed by atoms with Crippen LogP contribution in [0.5, 0.6) is 0 Å². The average Bonchev–Trinajstić information content (AvgIpc) is 3.14. The molecule has 6 heteroatoms. The first-order valence-corrected chi connectivity index (χ1v) is 8.60. The van der Waals surface area contributed by atoms with Gasteiger partial charge in [0.2, 0.25) is 5.91 Å². The number of hydrogen-bond acceptors (Lipinski definition) is 2. The molecule has 1 aliphatic rings. The molecule has 0 unspecified atom stereocenters. The summed E-state index contributed by atoms with van der Waals surface area (Å²) in [6.07, 6.45) is 5.54. The Hall–Kier alpha value is -2.27. The number of carbonyl (C=O) groups excluding carboxylic acids is 1. The molecular weight excluding hydrogens is 324 g/mol. The lowest BCUT2D eigenvalue weighted by molar-refractivity contribution is -0.119. The predicted molar refractivity (Wildman–Crippen MR) is 95.0 cm³/mol. The summed E-state index contributed by atoms with van der Waals surface area (Å²) in [4.78, 5) is 19.2. The predicted octanol–water partition coefficient (Wildman–Crippen LogP) is 3.66. The largest absolute Gasteiger partial charge is 0.357 e. The fourth-order valence-corrected chi connectivity index (χ4v) is 3.54. The molecule has 4 rings (SSSR count). The van der Waals surface area contributed by atoms with Crippen LogP contribution in [0.4, 0.5) is 0 Å². The van der Waals surface area contributed by atoms with Crippen LogP contribution in [0.15, 0.2) is 24.4 Å². The van der Waals surface area contributed by atoms with E-state index in [4.69, 9.17) is 16.6 Å². The Morgan fingerprint density at radius 3 is 3.04 bits per heavy atom. The van der Waals surface area contributed by atoms with E-state index in [0.29, 0.717) is 11.6 Å². The molecule has 0 radical (unpaired) electrons. The summed E-state index contributed by atoms with van der Waals surface area (Å²) >= 11 is 6.51. The van der Waals surface area contributed by atoms with Crippen LogP contribution in [-0.4, -0.2) is 20.4 Å². The number of amides is 1. The van der Waals surface area contributed by atoms with E-state index in [1.807, 2.05) is 18.2 Å². The molecule has 0 spiro atoms. The van der Waals surface area contributed by atoms with Crippen molar-refractivity contribution < 1.29 is 4.79 Å². The number of imidazole rings is 1. The lowest BCUT2D eigenvalue weighted by Crippen LogP contribution is -2.18. The van der Waals surface area contributed by atoms with Gasteiger partial charge in [-0.05, 0) is 31.0 Å². The molecule has 0 bridgehead atoms. The van der Waals surface area contributed by atoms with Gasteiger partial charge < -0.3 is 14.9 Å². The second kappa shape index (κ2) is 5.98. The van der Waals surface area contributed by atoms with Gasteiger partial charge in [-0.1, -0.05) is 11.6 Å². The van der Waals surface area contributed by atoms with Crippen molar-refractivity contribution >= 4 is 28.4 Å². The van der Waals surface area contributed by atoms with Crippen molar-refractivity contribution in [2.24, 2.45) is 0 Å². The molecule has 1 aliphatic heterocycles. The van der Waals surface area contributed by atoms with E-state index in [1.165, 1.54) is 19.8 Å². The van der Waals surface area contributed by atoms with Crippen LogP contribution < -0.4 is 5.32 Å². The average molecular weight is 343 g/mol. The number of nitrogens with zero attached hydrogens (tertiary/aromatic N) is 2. The smallest absolute Gasteiger partial charge is 0.217 e. The van der Waals surface area contributed by atoms with Crippen molar-refractivity contribution in [2.75, 3.05) is 0 Å². The van der Waals surface area contributed by atoms with Crippen molar-refractivity contribution in [3.05, 3.63) is 40.9 Å². The molecule has 0 aliphatic carbocycles. The minimum Gasteiger partial charge on any atom is -0.357 e. The summed E-state index contributed by atoms with van der Waals surface area (Å²) in [7, 11) is 0. The quantitative estimate of drug-likeness (QED) is 0.763. The van der Waals surface area contributed by atoms with Crippen LogP contribution >= 0.6 is 11.6 Å². The second-order valence-corrected chi connectivity index (χ2v) is 6.72. The Kier molecular flexibility index (Phi) is 3.81. The van der Waals surface area contributed by atoms with Crippen molar-refractivity contribution in [1.82, 2.24) is 19.9 Å². The van der Waals surface area contributed by atoms with Gasteiger partial charge in [0.05, 0.1) is 17.3 Å². The van der Waals surface area contributed by atoms with Crippen molar-refractivity contribution in [3.63, 3.8) is 0 Å². The van der Waals surface area contributed by atoms with Crippen molar-refractivity contribution in [1.29, 1.82) is 0 Å². The summed E-state index contributed by atoms with van der Waals surface area (Å²) in [6.45, 7) is 3.03. The fraction of sp³-hybridized carbons (Fsp3) is 0.333. The molecule has 24 heavy (non-hydrogen) atoms. The number of fused-ring (bicyclic) bond motifs is 2. The number of aromatic amines is 1. The zero-order chi connectivity index (χ0) is 16.7. The molecule has 3 heterocycles. The molecule has 0 atom stereocenters. The number of nitrogens with one attached hydrogen (secondary N) is 2. The third kappa shape index (κ3) is 2.80. The number of carbonyl (C=O) groups is 1. The van der Waals surface area contributed by atoms with Crippen LogP contribution in [0.1, 0.15) is 31.3 Å². The first-order valence-electron chi connectivity index (χ1n) is 8.22. The molecular formula is C18H19ClN4O. The van der Waals surface area contributed by atoms with Crippen molar-refractivity contribution in [3.8, 4) is 11.3 Å². The summed E-state index contributed by atoms with van der Waals surface area (Å²) in [6, 6.07) is 6.01. The Labute approximate surface area is 145 Å². The summed E-state index contributed by atoms with van der Waals surface area (Å²) in [5, 5.41) is 4.53. The normalized spacial score (nSPS) is 13.9. The van der Waals surface area contributed by atoms with Gasteiger partial charge in [-0.2, -0.15) is 0 Å². The maximum atomic E-state index is 11.1. The number of aromatic nitrogens is 3. The van der Waals surface area contributed by atoms with Gasteiger partial charge in [-0.25, -0.2) is 4.98 Å². The fourth-order valence-electron chi connectivity index (χ4n) is 3.27. The highest BCUT2D eigenvalue weighted by Crippen LogP contribution is 2.32. The van der Waals surface area contributed by atoms with E-state index in [9.17, 15) is 4.79 Å². The van der Waals surface area contributed by atoms with Gasteiger partial charge in [-0.3, -0.25) is 4.79 Å². The summed E-state index contributed by atoms with van der Waals surface area (Å²) in [5.41, 5.74) is 3.83.